The molecular formula is C19H20F2N2O4. The molecule has 27 heavy (non-hydrogen) atoms. The number of halogens is 2. The van der Waals surface area contributed by atoms with Crippen molar-refractivity contribution < 1.29 is 27.8 Å². The van der Waals surface area contributed by atoms with Crippen LogP contribution in [0.4, 0.5) is 14.5 Å². The van der Waals surface area contributed by atoms with Gasteiger partial charge in [-0.15, -0.1) is 0 Å². The Labute approximate surface area is 155 Å². The first kappa shape index (κ1) is 20.2. The molecule has 2 aromatic rings. The molecule has 2 rings (SSSR count). The van der Waals surface area contributed by atoms with Crippen molar-refractivity contribution in [2.45, 2.75) is 6.92 Å². The Kier molecular flexibility index (Phi) is 6.70. The molecular weight excluding hydrogens is 358 g/mol. The fourth-order valence-electron chi connectivity index (χ4n) is 2.48. The van der Waals surface area contributed by atoms with Gasteiger partial charge in [0.15, 0.2) is 11.6 Å². The van der Waals surface area contributed by atoms with Gasteiger partial charge in [-0.05, 0) is 30.3 Å². The third kappa shape index (κ3) is 4.93. The van der Waals surface area contributed by atoms with Gasteiger partial charge in [0.05, 0.1) is 19.9 Å². The first-order chi connectivity index (χ1) is 12.9. The number of ether oxygens (including phenoxy) is 2. The van der Waals surface area contributed by atoms with E-state index in [9.17, 15) is 18.4 Å². The fraction of sp³-hybridized carbons (Fsp3) is 0.263. The van der Waals surface area contributed by atoms with Crippen LogP contribution in [-0.4, -0.2) is 39.1 Å². The van der Waals surface area contributed by atoms with E-state index in [2.05, 4.69) is 5.32 Å². The van der Waals surface area contributed by atoms with Gasteiger partial charge in [0, 0.05) is 31.6 Å². The lowest BCUT2D eigenvalue weighted by Gasteiger charge is -2.24. The number of rotatable bonds is 7. The zero-order chi connectivity index (χ0) is 20.0. The number of carbonyl (C=O) groups is 2. The minimum atomic E-state index is -1.10. The van der Waals surface area contributed by atoms with E-state index in [1.807, 2.05) is 0 Å². The zero-order valence-corrected chi connectivity index (χ0v) is 15.2. The van der Waals surface area contributed by atoms with Crippen LogP contribution >= 0.6 is 0 Å². The molecule has 8 heteroatoms. The molecule has 0 aliphatic rings. The SMILES string of the molecule is COc1ccc(OC)c(N(CCNC(=O)c2ccc(F)c(F)c2)C(C)=O)c1. The van der Waals surface area contributed by atoms with Crippen molar-refractivity contribution in [3.8, 4) is 11.5 Å². The first-order valence-electron chi connectivity index (χ1n) is 8.10. The van der Waals surface area contributed by atoms with E-state index < -0.39 is 17.5 Å². The van der Waals surface area contributed by atoms with Gasteiger partial charge in [-0.3, -0.25) is 9.59 Å². The number of carbonyl (C=O) groups excluding carboxylic acids is 2. The molecule has 0 atom stereocenters. The second kappa shape index (κ2) is 8.98. The summed E-state index contributed by atoms with van der Waals surface area (Å²) in [6.45, 7) is 1.63. The maximum Gasteiger partial charge on any atom is 0.251 e. The van der Waals surface area contributed by atoms with Gasteiger partial charge in [-0.2, -0.15) is 0 Å². The maximum absolute atomic E-state index is 13.2. The Hall–Kier alpha value is -3.16. The van der Waals surface area contributed by atoms with Crippen molar-refractivity contribution in [1.29, 1.82) is 0 Å². The Morgan fingerprint density at radius 2 is 1.78 bits per heavy atom. The molecule has 0 aliphatic carbocycles. The zero-order valence-electron chi connectivity index (χ0n) is 15.2. The molecule has 0 heterocycles. The highest BCUT2D eigenvalue weighted by Crippen LogP contribution is 2.32. The summed E-state index contributed by atoms with van der Waals surface area (Å²) in [7, 11) is 2.99. The predicted molar refractivity (Wildman–Crippen MR) is 96.3 cm³/mol. The van der Waals surface area contributed by atoms with E-state index in [0.717, 1.165) is 12.1 Å². The highest BCUT2D eigenvalue weighted by molar-refractivity contribution is 5.95. The van der Waals surface area contributed by atoms with Gasteiger partial charge in [-0.1, -0.05) is 0 Å². The Morgan fingerprint density at radius 1 is 1.04 bits per heavy atom. The van der Waals surface area contributed by atoms with Crippen LogP contribution in [0, 0.1) is 11.6 Å². The lowest BCUT2D eigenvalue weighted by atomic mass is 10.2. The molecule has 0 radical (unpaired) electrons. The first-order valence-corrected chi connectivity index (χ1v) is 8.10. The average molecular weight is 378 g/mol. The van der Waals surface area contributed by atoms with Crippen LogP contribution in [0.25, 0.3) is 0 Å². The molecule has 6 nitrogen and oxygen atoms in total. The Bertz CT molecular complexity index is 842. The highest BCUT2D eigenvalue weighted by atomic mass is 19.2. The largest absolute Gasteiger partial charge is 0.497 e. The second-order valence-electron chi connectivity index (χ2n) is 5.59. The number of amides is 2. The van der Waals surface area contributed by atoms with Gasteiger partial charge < -0.3 is 19.7 Å². The molecule has 0 aromatic heterocycles. The van der Waals surface area contributed by atoms with Crippen LogP contribution in [0.5, 0.6) is 11.5 Å². The number of nitrogens with zero attached hydrogens (tertiary/aromatic N) is 1. The van der Waals surface area contributed by atoms with Crippen molar-refractivity contribution in [1.82, 2.24) is 5.32 Å². The lowest BCUT2D eigenvalue weighted by Crippen LogP contribution is -2.37. The molecule has 0 spiro atoms. The highest BCUT2D eigenvalue weighted by Gasteiger charge is 2.18. The van der Waals surface area contributed by atoms with E-state index in [0.29, 0.717) is 17.2 Å². The molecule has 0 aliphatic heterocycles. The quantitative estimate of drug-likeness (QED) is 0.805. The van der Waals surface area contributed by atoms with Crippen LogP contribution < -0.4 is 19.7 Å². The van der Waals surface area contributed by atoms with E-state index in [-0.39, 0.29) is 24.6 Å². The average Bonchev–Trinajstić information content (AvgIpc) is 2.66. The smallest absolute Gasteiger partial charge is 0.251 e. The van der Waals surface area contributed by atoms with Gasteiger partial charge in [0.1, 0.15) is 11.5 Å². The van der Waals surface area contributed by atoms with Crippen molar-refractivity contribution in [3.63, 3.8) is 0 Å². The molecule has 0 unspecified atom stereocenters. The van der Waals surface area contributed by atoms with Gasteiger partial charge >= 0.3 is 0 Å². The minimum absolute atomic E-state index is 0.0118. The van der Waals surface area contributed by atoms with Crippen LogP contribution in [0.2, 0.25) is 0 Å². The topological polar surface area (TPSA) is 67.9 Å². The molecule has 2 aromatic carbocycles. The third-order valence-corrected chi connectivity index (χ3v) is 3.86. The summed E-state index contributed by atoms with van der Waals surface area (Å²) in [5, 5.41) is 2.57. The number of methoxy groups -OCH3 is 2. The van der Waals surface area contributed by atoms with Gasteiger partial charge in [0.25, 0.3) is 5.91 Å². The fourth-order valence-corrected chi connectivity index (χ4v) is 2.48. The van der Waals surface area contributed by atoms with Crippen LogP contribution in [0.1, 0.15) is 17.3 Å². The molecule has 0 saturated heterocycles. The third-order valence-electron chi connectivity index (χ3n) is 3.86. The summed E-state index contributed by atoms with van der Waals surface area (Å²) in [5.41, 5.74) is 0.480. The normalized spacial score (nSPS) is 10.3. The van der Waals surface area contributed by atoms with Crippen LogP contribution in [0.3, 0.4) is 0 Å². The van der Waals surface area contributed by atoms with Crippen molar-refractivity contribution in [2.75, 3.05) is 32.2 Å². The summed E-state index contributed by atoms with van der Waals surface area (Å²) in [5.74, 6) is -1.95. The minimum Gasteiger partial charge on any atom is -0.497 e. The Balaban J connectivity index is 2.10. The molecule has 0 bridgehead atoms. The van der Waals surface area contributed by atoms with Crippen molar-refractivity contribution in [2.24, 2.45) is 0 Å². The Morgan fingerprint density at radius 3 is 2.37 bits per heavy atom. The lowest BCUT2D eigenvalue weighted by molar-refractivity contribution is -0.116. The molecule has 144 valence electrons. The van der Waals surface area contributed by atoms with Crippen molar-refractivity contribution >= 4 is 17.5 Å². The number of anilines is 1. The molecule has 1 N–H and O–H groups in total. The summed E-state index contributed by atoms with van der Waals surface area (Å²) in [4.78, 5) is 25.6. The molecule has 0 fully saturated rings. The number of nitrogens with one attached hydrogen (secondary N) is 1. The maximum atomic E-state index is 13.2. The monoisotopic (exact) mass is 378 g/mol. The summed E-state index contributed by atoms with van der Waals surface area (Å²) < 4.78 is 36.7. The van der Waals surface area contributed by atoms with E-state index in [1.54, 1.807) is 18.2 Å². The van der Waals surface area contributed by atoms with E-state index in [4.69, 9.17) is 9.47 Å². The second-order valence-corrected chi connectivity index (χ2v) is 5.59. The summed E-state index contributed by atoms with van der Waals surface area (Å²) in [6.07, 6.45) is 0. The van der Waals surface area contributed by atoms with E-state index in [1.165, 1.54) is 32.1 Å². The van der Waals surface area contributed by atoms with Crippen LogP contribution in [0.15, 0.2) is 36.4 Å². The van der Waals surface area contributed by atoms with Crippen LogP contribution in [-0.2, 0) is 4.79 Å². The number of hydrogen-bond acceptors (Lipinski definition) is 4. The summed E-state index contributed by atoms with van der Waals surface area (Å²) in [6, 6.07) is 7.90. The number of benzene rings is 2. The summed E-state index contributed by atoms with van der Waals surface area (Å²) >= 11 is 0. The predicted octanol–water partition coefficient (Wildman–Crippen LogP) is 2.76. The molecule has 0 saturated carbocycles. The molecule has 2 amide bonds. The number of hydrogen-bond donors (Lipinski definition) is 1. The van der Waals surface area contributed by atoms with E-state index >= 15 is 0 Å². The van der Waals surface area contributed by atoms with Crippen molar-refractivity contribution in [3.05, 3.63) is 53.6 Å². The standard InChI is InChI=1S/C19H20F2N2O4/c1-12(24)23(17-11-14(26-2)5-7-18(17)27-3)9-8-22-19(25)13-4-6-15(20)16(21)10-13/h4-7,10-11H,8-9H2,1-3H3,(H,22,25). The van der Waals surface area contributed by atoms with Gasteiger partial charge in [-0.25, -0.2) is 8.78 Å². The van der Waals surface area contributed by atoms with Gasteiger partial charge in [0.2, 0.25) is 5.91 Å².